The molecule has 1 aliphatic rings. The average Bonchev–Trinajstić information content (AvgIpc) is 3.32. The Morgan fingerprint density at radius 2 is 2.06 bits per heavy atom. The number of H-pyrrole nitrogens is 1. The van der Waals surface area contributed by atoms with Gasteiger partial charge in [0.1, 0.15) is 0 Å². The van der Waals surface area contributed by atoms with Crippen LogP contribution in [0.5, 0.6) is 0 Å². The quantitative estimate of drug-likeness (QED) is 0.542. The van der Waals surface area contributed by atoms with E-state index in [1.54, 1.807) is 24.5 Å². The van der Waals surface area contributed by atoms with Gasteiger partial charge in [0.15, 0.2) is 0 Å². The van der Waals surface area contributed by atoms with Crippen LogP contribution in [0.3, 0.4) is 0 Å². The molecule has 0 saturated carbocycles. The molecule has 3 aromatic heterocycles. The van der Waals surface area contributed by atoms with E-state index in [-0.39, 0.29) is 23.8 Å². The maximum Gasteiger partial charge on any atom is 0.272 e. The van der Waals surface area contributed by atoms with Crippen molar-refractivity contribution in [1.29, 1.82) is 0 Å². The van der Waals surface area contributed by atoms with Gasteiger partial charge in [-0.2, -0.15) is 10.1 Å². The van der Waals surface area contributed by atoms with E-state index in [2.05, 4.69) is 25.3 Å². The predicted octanol–water partition coefficient (Wildman–Crippen LogP) is 2.32. The fourth-order valence-corrected chi connectivity index (χ4v) is 3.98. The lowest BCUT2D eigenvalue weighted by molar-refractivity contribution is -0.131. The fourth-order valence-electron chi connectivity index (χ4n) is 3.98. The van der Waals surface area contributed by atoms with Crippen LogP contribution < -0.4 is 5.56 Å². The summed E-state index contributed by atoms with van der Waals surface area (Å²) in [5, 5.41) is 11.9. The van der Waals surface area contributed by atoms with E-state index in [1.807, 2.05) is 29.2 Å². The van der Waals surface area contributed by atoms with Crippen LogP contribution in [0.1, 0.15) is 30.3 Å². The summed E-state index contributed by atoms with van der Waals surface area (Å²) >= 11 is 0. The van der Waals surface area contributed by atoms with Gasteiger partial charge in [-0.3, -0.25) is 14.6 Å². The van der Waals surface area contributed by atoms with Crippen molar-refractivity contribution in [2.75, 3.05) is 13.1 Å². The number of carbonyl (C=O) groups excluding carboxylic acids is 1. The topological polar surface area (TPSA) is 118 Å². The molecule has 1 N–H and O–H groups in total. The van der Waals surface area contributed by atoms with Gasteiger partial charge in [-0.15, -0.1) is 0 Å². The van der Waals surface area contributed by atoms with E-state index in [1.165, 1.54) is 0 Å². The standard InChI is InChI=1S/C22H20N6O3/c29-19(11-18-16-7-1-2-8-17(16)21(30)26-25-18)28-10-4-6-15(13-28)22-24-20(27-31-22)14-5-3-9-23-12-14/h1-3,5,7-9,12,15H,4,6,10-11,13H2,(H,26,30)/t15-/m1/s1. The van der Waals surface area contributed by atoms with Gasteiger partial charge in [-0.05, 0) is 31.0 Å². The minimum atomic E-state index is -0.259. The van der Waals surface area contributed by atoms with Crippen molar-refractivity contribution in [3.63, 3.8) is 0 Å². The number of likely N-dealkylation sites (tertiary alicyclic amines) is 1. The number of fused-ring (bicyclic) bond motifs is 1. The lowest BCUT2D eigenvalue weighted by Crippen LogP contribution is -2.40. The van der Waals surface area contributed by atoms with Crippen LogP contribution in [-0.2, 0) is 11.2 Å². The summed E-state index contributed by atoms with van der Waals surface area (Å²) in [5.74, 6) is 0.969. The molecule has 4 heterocycles. The minimum Gasteiger partial charge on any atom is -0.342 e. The number of hydrogen-bond acceptors (Lipinski definition) is 7. The molecule has 0 spiro atoms. The number of amides is 1. The Morgan fingerprint density at radius 1 is 1.19 bits per heavy atom. The number of carbonyl (C=O) groups is 1. The first kappa shape index (κ1) is 19.1. The van der Waals surface area contributed by atoms with Gasteiger partial charge >= 0.3 is 0 Å². The SMILES string of the molecule is O=C(Cc1n[nH]c(=O)c2ccccc12)N1CCC[C@@H](c2nc(-c3cccnc3)no2)C1. The molecule has 1 saturated heterocycles. The molecule has 1 aromatic carbocycles. The molecular weight excluding hydrogens is 396 g/mol. The summed E-state index contributed by atoms with van der Waals surface area (Å²) < 4.78 is 5.50. The van der Waals surface area contributed by atoms with E-state index >= 15 is 0 Å². The van der Waals surface area contributed by atoms with Crippen molar-refractivity contribution in [2.24, 2.45) is 0 Å². The van der Waals surface area contributed by atoms with Gasteiger partial charge in [0.25, 0.3) is 5.56 Å². The Kier molecular flexibility index (Phi) is 4.99. The van der Waals surface area contributed by atoms with Crippen LogP contribution >= 0.6 is 0 Å². The van der Waals surface area contributed by atoms with Crippen molar-refractivity contribution < 1.29 is 9.32 Å². The number of piperidine rings is 1. The van der Waals surface area contributed by atoms with Gasteiger partial charge < -0.3 is 9.42 Å². The average molecular weight is 416 g/mol. The Hall–Kier alpha value is -3.88. The van der Waals surface area contributed by atoms with Crippen molar-refractivity contribution in [2.45, 2.75) is 25.2 Å². The molecule has 0 radical (unpaired) electrons. The highest BCUT2D eigenvalue weighted by molar-refractivity contribution is 5.88. The van der Waals surface area contributed by atoms with Crippen molar-refractivity contribution >= 4 is 16.7 Å². The number of nitrogens with one attached hydrogen (secondary N) is 1. The highest BCUT2D eigenvalue weighted by atomic mass is 16.5. The summed E-state index contributed by atoms with van der Waals surface area (Å²) in [6.45, 7) is 1.18. The largest absolute Gasteiger partial charge is 0.342 e. The van der Waals surface area contributed by atoms with E-state index < -0.39 is 0 Å². The minimum absolute atomic E-state index is 0.0177. The van der Waals surface area contributed by atoms with Crippen molar-refractivity contribution in [3.8, 4) is 11.4 Å². The molecular formula is C22H20N6O3. The summed E-state index contributed by atoms with van der Waals surface area (Å²) in [6, 6.07) is 10.9. The van der Waals surface area contributed by atoms with Crippen LogP contribution in [0.4, 0.5) is 0 Å². The number of benzene rings is 1. The molecule has 1 fully saturated rings. The Morgan fingerprint density at radius 3 is 2.90 bits per heavy atom. The first-order chi connectivity index (χ1) is 15.2. The van der Waals surface area contributed by atoms with E-state index in [9.17, 15) is 9.59 Å². The molecule has 5 rings (SSSR count). The monoisotopic (exact) mass is 416 g/mol. The van der Waals surface area contributed by atoms with Crippen LogP contribution in [-0.4, -0.2) is 49.2 Å². The first-order valence-electron chi connectivity index (χ1n) is 10.2. The number of aromatic amines is 1. The van der Waals surface area contributed by atoms with Gasteiger partial charge in [0, 0.05) is 36.4 Å². The zero-order chi connectivity index (χ0) is 21.2. The summed E-state index contributed by atoms with van der Waals surface area (Å²) in [5.41, 5.74) is 1.10. The maximum atomic E-state index is 13.0. The second-order valence-electron chi connectivity index (χ2n) is 7.60. The normalized spacial score (nSPS) is 16.5. The second kappa shape index (κ2) is 8.10. The summed E-state index contributed by atoms with van der Waals surface area (Å²) in [4.78, 5) is 35.4. The lowest BCUT2D eigenvalue weighted by atomic mass is 9.97. The summed E-state index contributed by atoms with van der Waals surface area (Å²) in [7, 11) is 0. The van der Waals surface area contributed by atoms with Crippen molar-refractivity contribution in [1.82, 2.24) is 30.2 Å². The molecule has 1 amide bonds. The third-order valence-corrected chi connectivity index (χ3v) is 5.58. The Balaban J connectivity index is 1.32. The van der Waals surface area contributed by atoms with E-state index in [0.29, 0.717) is 41.3 Å². The molecule has 9 nitrogen and oxygen atoms in total. The second-order valence-corrected chi connectivity index (χ2v) is 7.60. The predicted molar refractivity (Wildman–Crippen MR) is 112 cm³/mol. The van der Waals surface area contributed by atoms with Crippen LogP contribution in [0.15, 0.2) is 58.1 Å². The van der Waals surface area contributed by atoms with Gasteiger partial charge in [-0.1, -0.05) is 23.4 Å². The molecule has 4 aromatic rings. The molecule has 0 unspecified atom stereocenters. The smallest absolute Gasteiger partial charge is 0.272 e. The Labute approximate surface area is 177 Å². The molecule has 9 heteroatoms. The molecule has 0 bridgehead atoms. The number of aromatic nitrogens is 5. The molecule has 0 aliphatic carbocycles. The van der Waals surface area contributed by atoms with Gasteiger partial charge in [0.2, 0.25) is 17.6 Å². The Bertz CT molecular complexity index is 1280. The fraction of sp³-hybridized carbons (Fsp3) is 0.273. The van der Waals surface area contributed by atoms with E-state index in [0.717, 1.165) is 18.4 Å². The number of pyridine rings is 1. The summed E-state index contributed by atoms with van der Waals surface area (Å²) in [6.07, 6.45) is 5.22. The van der Waals surface area contributed by atoms with E-state index in [4.69, 9.17) is 4.52 Å². The van der Waals surface area contributed by atoms with Crippen LogP contribution in [0.2, 0.25) is 0 Å². The number of rotatable bonds is 4. The zero-order valence-electron chi connectivity index (χ0n) is 16.7. The molecule has 31 heavy (non-hydrogen) atoms. The zero-order valence-corrected chi connectivity index (χ0v) is 16.7. The van der Waals surface area contributed by atoms with Gasteiger partial charge in [-0.25, -0.2) is 5.10 Å². The van der Waals surface area contributed by atoms with Gasteiger partial charge in [0.05, 0.1) is 23.4 Å². The third kappa shape index (κ3) is 3.81. The first-order valence-corrected chi connectivity index (χ1v) is 10.2. The highest BCUT2D eigenvalue weighted by Crippen LogP contribution is 2.28. The van der Waals surface area contributed by atoms with Crippen molar-refractivity contribution in [3.05, 3.63) is 70.7 Å². The molecule has 1 aliphatic heterocycles. The highest BCUT2D eigenvalue weighted by Gasteiger charge is 2.29. The lowest BCUT2D eigenvalue weighted by Gasteiger charge is -2.31. The number of nitrogens with zero attached hydrogens (tertiary/aromatic N) is 5. The van der Waals surface area contributed by atoms with Crippen LogP contribution in [0.25, 0.3) is 22.2 Å². The molecule has 156 valence electrons. The number of hydrogen-bond donors (Lipinski definition) is 1. The van der Waals surface area contributed by atoms with Crippen LogP contribution in [0, 0.1) is 0 Å². The maximum absolute atomic E-state index is 13.0. The molecule has 1 atom stereocenters. The third-order valence-electron chi connectivity index (χ3n) is 5.58.